The molecule has 0 aliphatic rings. The van der Waals surface area contributed by atoms with Crippen LogP contribution in [0.2, 0.25) is 0 Å². The minimum Gasteiger partial charge on any atom is -0.367 e. The Balaban J connectivity index is 4.58. The van der Waals surface area contributed by atoms with Gasteiger partial charge in [0.15, 0.2) is 0 Å². The van der Waals surface area contributed by atoms with E-state index in [0.717, 1.165) is 18.5 Å². The standard InChI is InChI=1S/C15H26N2O/c1-7-8-9-10-13(4)11-14(15(18)16-5)17(6)12(2)3/h7-9,13-14H,1-2,10-11H2,3-6H3,(H,16,18)/b9-8+/t13-,14+/m1/s1. The molecule has 0 bridgehead atoms. The van der Waals surface area contributed by atoms with Gasteiger partial charge in [0.2, 0.25) is 5.91 Å². The number of carbonyl (C=O) groups excluding carboxylic acids is 1. The Kier molecular flexibility index (Phi) is 7.84. The number of rotatable bonds is 8. The fraction of sp³-hybridized carbons (Fsp3) is 0.533. The molecule has 1 N–H and O–H groups in total. The first kappa shape index (κ1) is 16.5. The van der Waals surface area contributed by atoms with Gasteiger partial charge in [-0.25, -0.2) is 0 Å². The van der Waals surface area contributed by atoms with E-state index in [1.54, 1.807) is 13.1 Å². The number of allylic oxidation sites excluding steroid dienone is 4. The number of nitrogens with one attached hydrogen (secondary N) is 1. The van der Waals surface area contributed by atoms with Gasteiger partial charge < -0.3 is 10.2 Å². The third-order valence-electron chi connectivity index (χ3n) is 3.05. The van der Waals surface area contributed by atoms with Crippen molar-refractivity contribution in [2.45, 2.75) is 32.7 Å². The largest absolute Gasteiger partial charge is 0.367 e. The summed E-state index contributed by atoms with van der Waals surface area (Å²) in [6.45, 7) is 11.6. The Bertz CT molecular complexity index is 320. The topological polar surface area (TPSA) is 32.3 Å². The maximum Gasteiger partial charge on any atom is 0.242 e. The fourth-order valence-electron chi connectivity index (χ4n) is 1.76. The summed E-state index contributed by atoms with van der Waals surface area (Å²) in [6.07, 6.45) is 7.55. The minimum atomic E-state index is -0.153. The molecule has 0 unspecified atom stereocenters. The molecule has 1 amide bonds. The van der Waals surface area contributed by atoms with E-state index in [9.17, 15) is 4.79 Å². The number of hydrogen-bond donors (Lipinski definition) is 1. The zero-order chi connectivity index (χ0) is 14.1. The fourth-order valence-corrected chi connectivity index (χ4v) is 1.76. The van der Waals surface area contributed by atoms with Crippen LogP contribution in [0.25, 0.3) is 0 Å². The lowest BCUT2D eigenvalue weighted by atomic mass is 9.96. The van der Waals surface area contributed by atoms with Crippen molar-refractivity contribution in [3.63, 3.8) is 0 Å². The monoisotopic (exact) mass is 250 g/mol. The Hall–Kier alpha value is -1.51. The van der Waals surface area contributed by atoms with Gasteiger partial charge in [0, 0.05) is 19.8 Å². The van der Waals surface area contributed by atoms with Crippen LogP contribution in [0, 0.1) is 5.92 Å². The van der Waals surface area contributed by atoms with Crippen LogP contribution >= 0.6 is 0 Å². The van der Waals surface area contributed by atoms with Crippen molar-refractivity contribution >= 4 is 5.91 Å². The molecule has 18 heavy (non-hydrogen) atoms. The highest BCUT2D eigenvalue weighted by Gasteiger charge is 2.23. The van der Waals surface area contributed by atoms with Crippen LogP contribution < -0.4 is 5.32 Å². The summed E-state index contributed by atoms with van der Waals surface area (Å²) >= 11 is 0. The molecule has 0 fully saturated rings. The lowest BCUT2D eigenvalue weighted by Gasteiger charge is -2.30. The minimum absolute atomic E-state index is 0.0417. The number of amides is 1. The molecule has 0 aromatic heterocycles. The summed E-state index contributed by atoms with van der Waals surface area (Å²) in [5.74, 6) is 0.477. The second-order valence-corrected chi connectivity index (χ2v) is 4.72. The van der Waals surface area contributed by atoms with Crippen molar-refractivity contribution in [1.82, 2.24) is 10.2 Å². The zero-order valence-corrected chi connectivity index (χ0v) is 12.1. The normalized spacial score (nSPS) is 14.0. The van der Waals surface area contributed by atoms with Crippen LogP contribution in [0.3, 0.4) is 0 Å². The van der Waals surface area contributed by atoms with E-state index in [0.29, 0.717) is 5.92 Å². The van der Waals surface area contributed by atoms with E-state index in [1.165, 1.54) is 0 Å². The molecule has 0 saturated heterocycles. The zero-order valence-electron chi connectivity index (χ0n) is 12.1. The number of hydrogen-bond acceptors (Lipinski definition) is 2. The second-order valence-electron chi connectivity index (χ2n) is 4.72. The summed E-state index contributed by atoms with van der Waals surface area (Å²) in [5.41, 5.74) is 0.900. The molecular formula is C15H26N2O. The Morgan fingerprint density at radius 2 is 2.11 bits per heavy atom. The van der Waals surface area contributed by atoms with Gasteiger partial charge in [-0.3, -0.25) is 4.79 Å². The quantitative estimate of drug-likeness (QED) is 0.672. The molecule has 0 rings (SSSR count). The maximum atomic E-state index is 11.9. The summed E-state index contributed by atoms with van der Waals surface area (Å²) < 4.78 is 0. The lowest BCUT2D eigenvalue weighted by Crippen LogP contribution is -2.43. The third kappa shape index (κ3) is 5.71. The highest BCUT2D eigenvalue weighted by Crippen LogP contribution is 2.17. The molecule has 3 heteroatoms. The Morgan fingerprint density at radius 1 is 1.50 bits per heavy atom. The second kappa shape index (κ2) is 8.56. The SMILES string of the molecule is C=C/C=C/C[C@@H](C)C[C@@H](C(=O)NC)N(C)C(=C)C. The average Bonchev–Trinajstić information content (AvgIpc) is 2.34. The van der Waals surface area contributed by atoms with Crippen LogP contribution in [0.1, 0.15) is 26.7 Å². The van der Waals surface area contributed by atoms with Crippen molar-refractivity contribution in [3.05, 3.63) is 37.1 Å². The van der Waals surface area contributed by atoms with E-state index in [2.05, 4.69) is 31.5 Å². The van der Waals surface area contributed by atoms with Gasteiger partial charge >= 0.3 is 0 Å². The first-order chi connectivity index (χ1) is 8.43. The highest BCUT2D eigenvalue weighted by atomic mass is 16.2. The molecule has 0 aromatic rings. The van der Waals surface area contributed by atoms with Crippen molar-refractivity contribution in [2.24, 2.45) is 5.92 Å². The maximum absolute atomic E-state index is 11.9. The van der Waals surface area contributed by atoms with Gasteiger partial charge in [-0.15, -0.1) is 0 Å². The average molecular weight is 250 g/mol. The molecule has 0 aliphatic heterocycles. The van der Waals surface area contributed by atoms with E-state index >= 15 is 0 Å². The molecule has 3 nitrogen and oxygen atoms in total. The summed E-state index contributed by atoms with van der Waals surface area (Å²) in [7, 11) is 3.58. The Labute approximate surface area is 111 Å². The van der Waals surface area contributed by atoms with Gasteiger partial charge in [-0.2, -0.15) is 0 Å². The van der Waals surface area contributed by atoms with E-state index in [-0.39, 0.29) is 11.9 Å². The van der Waals surface area contributed by atoms with Crippen molar-refractivity contribution in [1.29, 1.82) is 0 Å². The lowest BCUT2D eigenvalue weighted by molar-refractivity contribution is -0.125. The molecule has 0 saturated carbocycles. The van der Waals surface area contributed by atoms with Gasteiger partial charge in [-0.1, -0.05) is 38.3 Å². The number of likely N-dealkylation sites (N-methyl/N-ethyl adjacent to an activating group) is 2. The van der Waals surface area contributed by atoms with Crippen LogP contribution in [0.4, 0.5) is 0 Å². The van der Waals surface area contributed by atoms with Crippen molar-refractivity contribution in [3.8, 4) is 0 Å². The van der Waals surface area contributed by atoms with Crippen LogP contribution in [0.15, 0.2) is 37.1 Å². The van der Waals surface area contributed by atoms with Gasteiger partial charge in [0.05, 0.1) is 0 Å². The predicted octanol–water partition coefficient (Wildman–Crippen LogP) is 2.72. The molecule has 0 heterocycles. The number of carbonyl (C=O) groups is 1. The smallest absolute Gasteiger partial charge is 0.242 e. The highest BCUT2D eigenvalue weighted by molar-refractivity contribution is 5.81. The van der Waals surface area contributed by atoms with Gasteiger partial charge in [0.1, 0.15) is 6.04 Å². The molecule has 0 aromatic carbocycles. The predicted molar refractivity (Wildman–Crippen MR) is 78.2 cm³/mol. The number of nitrogens with zero attached hydrogens (tertiary/aromatic N) is 1. The van der Waals surface area contributed by atoms with Gasteiger partial charge in [-0.05, 0) is 25.7 Å². The molecule has 0 spiro atoms. The molecule has 0 radical (unpaired) electrons. The summed E-state index contributed by atoms with van der Waals surface area (Å²) in [6, 6.07) is -0.153. The molecule has 0 aliphatic carbocycles. The Morgan fingerprint density at radius 3 is 2.56 bits per heavy atom. The first-order valence-corrected chi connectivity index (χ1v) is 6.31. The molecular weight excluding hydrogens is 224 g/mol. The van der Waals surface area contributed by atoms with Crippen LogP contribution in [-0.4, -0.2) is 30.9 Å². The summed E-state index contributed by atoms with van der Waals surface area (Å²) in [5, 5.41) is 2.72. The van der Waals surface area contributed by atoms with E-state index in [4.69, 9.17) is 0 Å². The first-order valence-electron chi connectivity index (χ1n) is 6.31. The van der Waals surface area contributed by atoms with E-state index < -0.39 is 0 Å². The van der Waals surface area contributed by atoms with Gasteiger partial charge in [0.25, 0.3) is 0 Å². The van der Waals surface area contributed by atoms with Crippen molar-refractivity contribution in [2.75, 3.05) is 14.1 Å². The molecule has 2 atom stereocenters. The molecule has 102 valence electrons. The summed E-state index contributed by atoms with van der Waals surface area (Å²) in [4.78, 5) is 13.8. The van der Waals surface area contributed by atoms with Crippen molar-refractivity contribution < 1.29 is 4.79 Å². The third-order valence-corrected chi connectivity index (χ3v) is 3.05. The van der Waals surface area contributed by atoms with Crippen LogP contribution in [-0.2, 0) is 4.79 Å². The van der Waals surface area contributed by atoms with Crippen LogP contribution in [0.5, 0.6) is 0 Å². The van der Waals surface area contributed by atoms with E-state index in [1.807, 2.05) is 24.9 Å².